The molecule has 0 saturated heterocycles. The van der Waals surface area contributed by atoms with E-state index in [-0.39, 0.29) is 36.6 Å². The Morgan fingerprint density at radius 2 is 1.33 bits per heavy atom. The molecular formula is C44H46N2O13S. The second-order valence-electron chi connectivity index (χ2n) is 13.9. The summed E-state index contributed by atoms with van der Waals surface area (Å²) < 4.78 is 58.7. The number of rotatable bonds is 23. The minimum atomic E-state index is -3.35. The maximum absolute atomic E-state index is 13.0. The number of phenolic OH excluding ortho intramolecular Hbond substituents is 1. The first kappa shape index (κ1) is 43.4. The third-order valence-corrected chi connectivity index (χ3v) is 10.7. The number of hydrogen-bond acceptors (Lipinski definition) is 12. The van der Waals surface area contributed by atoms with Gasteiger partial charge in [0.2, 0.25) is 5.91 Å². The number of aliphatic carboxylic acids is 1. The Labute approximate surface area is 347 Å². The lowest BCUT2D eigenvalue weighted by Crippen LogP contribution is -2.45. The predicted octanol–water partition coefficient (Wildman–Crippen LogP) is 5.59. The Hall–Kier alpha value is -6.20. The zero-order valence-electron chi connectivity index (χ0n) is 32.9. The fourth-order valence-electron chi connectivity index (χ4n) is 6.56. The molecule has 0 saturated carbocycles. The fraction of sp³-hybridized carbons (Fsp3) is 0.295. The SMILES string of the molecule is CS(=O)(=O)c1ccc(-c2ccc3cc(O)ccc3c2Oc2ccc(OCCOCCOCCOCCOc3ccc4c(c3)C(=O)N([C@@H](CCC(=O)O)C(N)=O)C4)cc2)cc1. The number of fused-ring (bicyclic) bond motifs is 2. The van der Waals surface area contributed by atoms with Crippen molar-refractivity contribution in [2.45, 2.75) is 30.3 Å². The summed E-state index contributed by atoms with van der Waals surface area (Å²) in [5.41, 5.74) is 8.07. The molecule has 0 fully saturated rings. The van der Waals surface area contributed by atoms with Crippen LogP contribution in [-0.2, 0) is 40.2 Å². The number of phenols is 1. The zero-order chi connectivity index (χ0) is 42.6. The van der Waals surface area contributed by atoms with Crippen molar-refractivity contribution >= 4 is 38.4 Å². The monoisotopic (exact) mass is 842 g/mol. The second-order valence-corrected chi connectivity index (χ2v) is 15.9. The molecule has 0 aliphatic carbocycles. The fourth-order valence-corrected chi connectivity index (χ4v) is 7.19. The summed E-state index contributed by atoms with van der Waals surface area (Å²) in [7, 11) is -3.35. The van der Waals surface area contributed by atoms with Crippen molar-refractivity contribution < 1.29 is 61.4 Å². The van der Waals surface area contributed by atoms with Crippen LogP contribution in [-0.4, -0.2) is 106 Å². The molecular weight excluding hydrogens is 797 g/mol. The molecule has 16 heteroatoms. The third kappa shape index (κ3) is 11.5. The number of carbonyl (C=O) groups is 3. The first-order valence-electron chi connectivity index (χ1n) is 19.2. The highest BCUT2D eigenvalue weighted by Gasteiger charge is 2.36. The van der Waals surface area contributed by atoms with E-state index in [4.69, 9.17) is 39.3 Å². The number of nitrogens with zero attached hydrogens (tertiary/aromatic N) is 1. The van der Waals surface area contributed by atoms with Crippen LogP contribution >= 0.6 is 0 Å². The Balaban J connectivity index is 0.855. The van der Waals surface area contributed by atoms with Crippen molar-refractivity contribution in [3.8, 4) is 39.9 Å². The van der Waals surface area contributed by atoms with Crippen molar-refractivity contribution in [1.29, 1.82) is 0 Å². The minimum Gasteiger partial charge on any atom is -0.508 e. The molecule has 0 unspecified atom stereocenters. The van der Waals surface area contributed by atoms with Crippen molar-refractivity contribution in [3.63, 3.8) is 0 Å². The molecule has 316 valence electrons. The van der Waals surface area contributed by atoms with E-state index >= 15 is 0 Å². The first-order chi connectivity index (χ1) is 28.9. The van der Waals surface area contributed by atoms with E-state index in [0.717, 1.165) is 21.9 Å². The largest absolute Gasteiger partial charge is 0.508 e. The van der Waals surface area contributed by atoms with Gasteiger partial charge in [-0.3, -0.25) is 14.4 Å². The number of carbonyl (C=O) groups excluding carboxylic acids is 2. The topological polar surface area (TPSA) is 210 Å². The van der Waals surface area contributed by atoms with Crippen molar-refractivity contribution in [3.05, 3.63) is 108 Å². The number of amides is 2. The van der Waals surface area contributed by atoms with E-state index in [1.54, 1.807) is 84.9 Å². The molecule has 0 radical (unpaired) electrons. The van der Waals surface area contributed by atoms with Gasteiger partial charge >= 0.3 is 5.97 Å². The molecule has 1 heterocycles. The van der Waals surface area contributed by atoms with E-state index in [1.807, 2.05) is 12.1 Å². The van der Waals surface area contributed by atoms with Gasteiger partial charge in [0.1, 0.15) is 48.0 Å². The van der Waals surface area contributed by atoms with E-state index in [0.29, 0.717) is 80.4 Å². The Kier molecular flexibility index (Phi) is 14.6. The summed E-state index contributed by atoms with van der Waals surface area (Å²) in [4.78, 5) is 37.4. The standard InChI is InChI=1S/C44H46N2O13S/c1-60(52,53)36-12-3-29(4-13-36)37-14-5-30-26-32(47)6-15-38(30)42(37)59-34-10-8-33(9-11-34)57-24-22-55-20-18-54-19-21-56-23-25-58-35-7-2-31-28-46(44(51)39(31)27-35)40(43(45)50)16-17-41(48)49/h2-15,26-27,40,47H,16-25,28H2,1H3,(H2,45,50)(H,48,49)/t40-/m0/s1. The van der Waals surface area contributed by atoms with Crippen LogP contribution in [0, 0.1) is 0 Å². The quantitative estimate of drug-likeness (QED) is 0.0686. The zero-order valence-corrected chi connectivity index (χ0v) is 33.7. The van der Waals surface area contributed by atoms with Crippen LogP contribution < -0.4 is 19.9 Å². The normalized spacial score (nSPS) is 12.9. The first-order valence-corrected chi connectivity index (χ1v) is 21.0. The maximum Gasteiger partial charge on any atom is 0.303 e. The number of aromatic hydroxyl groups is 1. The summed E-state index contributed by atoms with van der Waals surface area (Å²) >= 11 is 0. The number of benzene rings is 5. The molecule has 60 heavy (non-hydrogen) atoms. The van der Waals surface area contributed by atoms with E-state index in [2.05, 4.69) is 0 Å². The molecule has 1 atom stereocenters. The van der Waals surface area contributed by atoms with E-state index in [9.17, 15) is 27.9 Å². The summed E-state index contributed by atoms with van der Waals surface area (Å²) in [5.74, 6) is 0.110. The molecule has 5 aromatic carbocycles. The van der Waals surface area contributed by atoms with Crippen LogP contribution in [0.5, 0.6) is 28.7 Å². The number of sulfone groups is 1. The Morgan fingerprint density at radius 3 is 1.95 bits per heavy atom. The van der Waals surface area contributed by atoms with Gasteiger partial charge < -0.3 is 49.3 Å². The van der Waals surface area contributed by atoms with Crippen molar-refractivity contribution in [2.24, 2.45) is 5.73 Å². The van der Waals surface area contributed by atoms with E-state index in [1.165, 1.54) is 11.2 Å². The van der Waals surface area contributed by atoms with Gasteiger partial charge in [-0.2, -0.15) is 0 Å². The number of carboxylic acid groups (broad SMARTS) is 1. The third-order valence-electron chi connectivity index (χ3n) is 9.58. The van der Waals surface area contributed by atoms with Crippen LogP contribution in [0.1, 0.15) is 28.8 Å². The lowest BCUT2D eigenvalue weighted by molar-refractivity contribution is -0.137. The van der Waals surface area contributed by atoms with Crippen LogP contribution in [0.25, 0.3) is 21.9 Å². The smallest absolute Gasteiger partial charge is 0.303 e. The predicted molar refractivity (Wildman–Crippen MR) is 220 cm³/mol. The van der Waals surface area contributed by atoms with Gasteiger partial charge in [0, 0.05) is 35.7 Å². The highest BCUT2D eigenvalue weighted by atomic mass is 32.2. The number of hydrogen-bond donors (Lipinski definition) is 3. The molecule has 2 amide bonds. The Bertz CT molecular complexity index is 2400. The van der Waals surface area contributed by atoms with Gasteiger partial charge in [-0.15, -0.1) is 0 Å². The average molecular weight is 843 g/mol. The molecule has 0 aromatic heterocycles. The van der Waals surface area contributed by atoms with Gasteiger partial charge in [0.15, 0.2) is 9.84 Å². The molecule has 0 spiro atoms. The lowest BCUT2D eigenvalue weighted by Gasteiger charge is -2.24. The molecule has 5 aromatic rings. The number of nitrogens with two attached hydrogens (primary N) is 1. The second kappa shape index (κ2) is 20.2. The number of ether oxygens (including phenoxy) is 6. The van der Waals surface area contributed by atoms with Crippen molar-refractivity contribution in [2.75, 3.05) is 59.1 Å². The molecule has 1 aliphatic heterocycles. The molecule has 1 aliphatic rings. The average Bonchev–Trinajstić information content (AvgIpc) is 3.54. The number of primary amides is 1. The van der Waals surface area contributed by atoms with Gasteiger partial charge in [-0.25, -0.2) is 8.42 Å². The van der Waals surface area contributed by atoms with Crippen LogP contribution in [0.2, 0.25) is 0 Å². The summed E-state index contributed by atoms with van der Waals surface area (Å²) in [6.07, 6.45) is 0.825. The Morgan fingerprint density at radius 1 is 0.733 bits per heavy atom. The lowest BCUT2D eigenvalue weighted by atomic mass is 9.99. The molecule has 6 rings (SSSR count). The van der Waals surface area contributed by atoms with Crippen LogP contribution in [0.4, 0.5) is 0 Å². The van der Waals surface area contributed by atoms with Gasteiger partial charge in [-0.1, -0.05) is 24.3 Å². The molecule has 0 bridgehead atoms. The van der Waals surface area contributed by atoms with Gasteiger partial charge in [0.25, 0.3) is 5.91 Å². The number of carboxylic acids is 1. The van der Waals surface area contributed by atoms with Gasteiger partial charge in [0.05, 0.1) is 44.5 Å². The summed E-state index contributed by atoms with van der Waals surface area (Å²) in [6, 6.07) is 26.6. The van der Waals surface area contributed by atoms with Crippen molar-refractivity contribution in [1.82, 2.24) is 4.90 Å². The maximum atomic E-state index is 13.0. The molecule has 4 N–H and O–H groups in total. The van der Waals surface area contributed by atoms with Gasteiger partial charge in [-0.05, 0) is 95.7 Å². The van der Waals surface area contributed by atoms with E-state index < -0.39 is 33.7 Å². The molecule has 15 nitrogen and oxygen atoms in total. The summed E-state index contributed by atoms with van der Waals surface area (Å²) in [5, 5.41) is 20.6. The van der Waals surface area contributed by atoms with Crippen LogP contribution in [0.3, 0.4) is 0 Å². The minimum absolute atomic E-state index is 0.0603. The summed E-state index contributed by atoms with van der Waals surface area (Å²) in [6.45, 7) is 2.81. The highest BCUT2D eigenvalue weighted by molar-refractivity contribution is 7.90. The van der Waals surface area contributed by atoms with Crippen LogP contribution in [0.15, 0.2) is 102 Å². The highest BCUT2D eigenvalue weighted by Crippen LogP contribution is 2.41.